The average molecular weight is 364 g/mol. The van der Waals surface area contributed by atoms with E-state index in [-0.39, 0.29) is 18.6 Å². The highest BCUT2D eigenvalue weighted by Crippen LogP contribution is 2.25. The molecular weight excluding hydrogens is 344 g/mol. The number of hydrogen-bond acceptors (Lipinski definition) is 5. The molecule has 1 amide bonds. The fourth-order valence-corrected chi connectivity index (χ4v) is 3.11. The van der Waals surface area contributed by atoms with Gasteiger partial charge in [-0.15, -0.1) is 0 Å². The van der Waals surface area contributed by atoms with Gasteiger partial charge in [-0.2, -0.15) is 0 Å². The molecule has 4 rings (SSSR count). The zero-order valence-electron chi connectivity index (χ0n) is 15.0. The van der Waals surface area contributed by atoms with Crippen molar-refractivity contribution in [2.45, 2.75) is 6.10 Å². The van der Waals surface area contributed by atoms with Gasteiger partial charge in [0, 0.05) is 17.3 Å². The zero-order chi connectivity index (χ0) is 18.6. The van der Waals surface area contributed by atoms with Gasteiger partial charge in [0.25, 0.3) is 5.91 Å². The van der Waals surface area contributed by atoms with E-state index < -0.39 is 0 Å². The lowest BCUT2D eigenvalue weighted by Gasteiger charge is -2.32. The van der Waals surface area contributed by atoms with E-state index in [0.29, 0.717) is 18.9 Å². The van der Waals surface area contributed by atoms with Crippen molar-refractivity contribution < 1.29 is 19.0 Å². The molecule has 2 heterocycles. The Labute approximate surface area is 157 Å². The summed E-state index contributed by atoms with van der Waals surface area (Å²) < 4.78 is 16.8. The molecule has 1 atom stereocenters. The van der Waals surface area contributed by atoms with Crippen LogP contribution in [0, 0.1) is 0 Å². The summed E-state index contributed by atoms with van der Waals surface area (Å²) >= 11 is 0. The van der Waals surface area contributed by atoms with Crippen molar-refractivity contribution in [2.75, 3.05) is 31.8 Å². The predicted octanol–water partition coefficient (Wildman–Crippen LogP) is 3.05. The van der Waals surface area contributed by atoms with Crippen molar-refractivity contribution in [2.24, 2.45) is 0 Å². The molecule has 27 heavy (non-hydrogen) atoms. The molecule has 138 valence electrons. The van der Waals surface area contributed by atoms with Gasteiger partial charge in [0.1, 0.15) is 36.3 Å². The first-order valence-corrected chi connectivity index (χ1v) is 8.77. The largest absolute Gasteiger partial charge is 0.497 e. The first-order valence-electron chi connectivity index (χ1n) is 8.77. The minimum absolute atomic E-state index is 0.0356. The van der Waals surface area contributed by atoms with Crippen molar-refractivity contribution in [1.29, 1.82) is 0 Å². The number of nitrogens with zero attached hydrogens (tertiary/aromatic N) is 2. The lowest BCUT2D eigenvalue weighted by atomic mass is 10.2. The first-order chi connectivity index (χ1) is 13.2. The smallest absolute Gasteiger partial charge is 0.253 e. The molecule has 1 saturated heterocycles. The lowest BCUT2D eigenvalue weighted by Crippen LogP contribution is -2.48. The monoisotopic (exact) mass is 364 g/mol. The number of para-hydroxylation sites is 1. The maximum atomic E-state index is 12.3. The van der Waals surface area contributed by atoms with Gasteiger partial charge in [0.05, 0.1) is 13.7 Å². The van der Waals surface area contributed by atoms with Gasteiger partial charge in [-0.3, -0.25) is 9.78 Å². The highest BCUT2D eigenvalue weighted by Gasteiger charge is 2.28. The molecule has 1 fully saturated rings. The zero-order valence-corrected chi connectivity index (χ0v) is 15.0. The Hall–Kier alpha value is -3.12. The van der Waals surface area contributed by atoms with Crippen LogP contribution < -0.4 is 14.4 Å². The number of benzene rings is 2. The Morgan fingerprint density at radius 3 is 2.78 bits per heavy atom. The van der Waals surface area contributed by atoms with Crippen LogP contribution in [0.2, 0.25) is 0 Å². The number of fused-ring (bicyclic) bond motifs is 1. The van der Waals surface area contributed by atoms with E-state index in [1.165, 1.54) is 0 Å². The van der Waals surface area contributed by atoms with E-state index in [9.17, 15) is 4.79 Å². The Morgan fingerprint density at radius 1 is 1.15 bits per heavy atom. The Balaban J connectivity index is 1.45. The first kappa shape index (κ1) is 17.3. The standard InChI is InChI=1S/C21H20N2O4/c1-25-17-9-7-16(8-10-17)23-12-18(26-14-20(23)24)13-27-19-6-2-4-15-5-3-11-22-21(15)19/h2-11,18H,12-14H2,1H3/t18-/m1/s1. The second-order valence-corrected chi connectivity index (χ2v) is 6.28. The molecule has 0 unspecified atom stereocenters. The molecule has 2 aromatic carbocycles. The van der Waals surface area contributed by atoms with Crippen LogP contribution in [0.15, 0.2) is 60.8 Å². The minimum Gasteiger partial charge on any atom is -0.497 e. The highest BCUT2D eigenvalue weighted by molar-refractivity contribution is 5.95. The number of hydrogen-bond donors (Lipinski definition) is 0. The fraction of sp³-hybridized carbons (Fsp3) is 0.238. The Bertz CT molecular complexity index is 937. The molecule has 6 nitrogen and oxygen atoms in total. The predicted molar refractivity (Wildman–Crippen MR) is 102 cm³/mol. The van der Waals surface area contributed by atoms with E-state index in [2.05, 4.69) is 4.98 Å². The third-order valence-electron chi connectivity index (χ3n) is 4.53. The van der Waals surface area contributed by atoms with Crippen LogP contribution in [0.1, 0.15) is 0 Å². The van der Waals surface area contributed by atoms with Gasteiger partial charge in [-0.05, 0) is 36.4 Å². The van der Waals surface area contributed by atoms with E-state index in [1.807, 2.05) is 54.6 Å². The molecule has 0 N–H and O–H groups in total. The van der Waals surface area contributed by atoms with Crippen molar-refractivity contribution in [1.82, 2.24) is 4.98 Å². The summed E-state index contributed by atoms with van der Waals surface area (Å²) in [5.74, 6) is 1.40. The molecule has 0 spiro atoms. The van der Waals surface area contributed by atoms with E-state index in [4.69, 9.17) is 14.2 Å². The van der Waals surface area contributed by atoms with Gasteiger partial charge in [0.2, 0.25) is 0 Å². The molecular formula is C21H20N2O4. The van der Waals surface area contributed by atoms with Crippen LogP contribution in [-0.4, -0.2) is 43.9 Å². The summed E-state index contributed by atoms with van der Waals surface area (Å²) in [6.45, 7) is 0.812. The number of methoxy groups -OCH3 is 1. The maximum Gasteiger partial charge on any atom is 0.253 e. The molecule has 0 aliphatic carbocycles. The number of morpholine rings is 1. The SMILES string of the molecule is COc1ccc(N2C[C@H](COc3cccc4cccnc34)OCC2=O)cc1. The summed E-state index contributed by atoms with van der Waals surface area (Å²) in [6, 6.07) is 17.1. The lowest BCUT2D eigenvalue weighted by molar-refractivity contribution is -0.130. The molecule has 3 aromatic rings. The molecule has 0 bridgehead atoms. The fourth-order valence-electron chi connectivity index (χ4n) is 3.11. The molecule has 1 aliphatic heterocycles. The third-order valence-corrected chi connectivity index (χ3v) is 4.53. The Kier molecular flexibility index (Phi) is 4.89. The van der Waals surface area contributed by atoms with E-state index in [0.717, 1.165) is 22.3 Å². The van der Waals surface area contributed by atoms with Crippen LogP contribution in [0.5, 0.6) is 11.5 Å². The van der Waals surface area contributed by atoms with Crippen LogP contribution >= 0.6 is 0 Å². The van der Waals surface area contributed by atoms with Gasteiger partial charge >= 0.3 is 0 Å². The van der Waals surface area contributed by atoms with E-state index >= 15 is 0 Å². The van der Waals surface area contributed by atoms with Gasteiger partial charge < -0.3 is 19.1 Å². The number of aromatic nitrogens is 1. The second-order valence-electron chi connectivity index (χ2n) is 6.28. The molecule has 1 aromatic heterocycles. The number of carbonyl (C=O) groups is 1. The minimum atomic E-state index is -0.219. The highest BCUT2D eigenvalue weighted by atomic mass is 16.5. The van der Waals surface area contributed by atoms with Gasteiger partial charge in [-0.25, -0.2) is 0 Å². The molecule has 6 heteroatoms. The number of ether oxygens (including phenoxy) is 3. The average Bonchev–Trinajstić information content (AvgIpc) is 2.73. The topological polar surface area (TPSA) is 60.9 Å². The van der Waals surface area contributed by atoms with Crippen LogP contribution in [0.4, 0.5) is 5.69 Å². The summed E-state index contributed by atoms with van der Waals surface area (Å²) in [5.41, 5.74) is 1.64. The number of anilines is 1. The van der Waals surface area contributed by atoms with Gasteiger partial charge in [0.15, 0.2) is 0 Å². The number of amides is 1. The van der Waals surface area contributed by atoms with Crippen molar-refractivity contribution in [3.63, 3.8) is 0 Å². The summed E-state index contributed by atoms with van der Waals surface area (Å²) in [4.78, 5) is 18.4. The maximum absolute atomic E-state index is 12.3. The van der Waals surface area contributed by atoms with Crippen LogP contribution in [0.3, 0.4) is 0 Å². The normalized spacial score (nSPS) is 17.1. The van der Waals surface area contributed by atoms with Crippen molar-refractivity contribution in [3.05, 3.63) is 60.8 Å². The quantitative estimate of drug-likeness (QED) is 0.696. The van der Waals surface area contributed by atoms with E-state index in [1.54, 1.807) is 18.2 Å². The number of pyridine rings is 1. The third kappa shape index (κ3) is 3.71. The number of rotatable bonds is 5. The van der Waals surface area contributed by atoms with Crippen LogP contribution in [-0.2, 0) is 9.53 Å². The molecule has 0 saturated carbocycles. The second kappa shape index (κ2) is 7.63. The number of carbonyl (C=O) groups excluding carboxylic acids is 1. The summed E-state index contributed by atoms with van der Waals surface area (Å²) in [6.07, 6.45) is 1.53. The molecule has 1 aliphatic rings. The summed E-state index contributed by atoms with van der Waals surface area (Å²) in [5, 5.41) is 1.02. The molecule has 0 radical (unpaired) electrons. The van der Waals surface area contributed by atoms with Gasteiger partial charge in [-0.1, -0.05) is 18.2 Å². The summed E-state index contributed by atoms with van der Waals surface area (Å²) in [7, 11) is 1.62. The van der Waals surface area contributed by atoms with Crippen LogP contribution in [0.25, 0.3) is 10.9 Å². The Morgan fingerprint density at radius 2 is 1.96 bits per heavy atom. The van der Waals surface area contributed by atoms with Crippen molar-refractivity contribution in [3.8, 4) is 11.5 Å². The van der Waals surface area contributed by atoms with Crippen molar-refractivity contribution >= 4 is 22.5 Å².